The van der Waals surface area contributed by atoms with Gasteiger partial charge in [0.2, 0.25) is 0 Å². The van der Waals surface area contributed by atoms with E-state index in [4.69, 9.17) is 9.47 Å². The Kier molecular flexibility index (Phi) is 9.53. The topological polar surface area (TPSA) is 52.6 Å². The van der Waals surface area contributed by atoms with Gasteiger partial charge in [0.25, 0.3) is 0 Å². The highest BCUT2D eigenvalue weighted by Crippen LogP contribution is 2.46. The second-order valence-electron chi connectivity index (χ2n) is 9.10. The molecular formula is C24H40O4. The number of ether oxygens (including phenoxy) is 2. The van der Waals surface area contributed by atoms with Crippen molar-refractivity contribution in [2.45, 2.75) is 79.1 Å². The molecule has 1 saturated carbocycles. The van der Waals surface area contributed by atoms with Gasteiger partial charge in [-0.15, -0.1) is 0 Å². The minimum atomic E-state index is -0.374. The van der Waals surface area contributed by atoms with Crippen molar-refractivity contribution in [3.8, 4) is 0 Å². The molecule has 0 radical (unpaired) electrons. The lowest BCUT2D eigenvalue weighted by Crippen LogP contribution is -2.46. The molecule has 0 amide bonds. The van der Waals surface area contributed by atoms with Gasteiger partial charge in [-0.25, -0.2) is 0 Å². The molecular weight excluding hydrogens is 352 g/mol. The molecule has 0 aromatic rings. The highest BCUT2D eigenvalue weighted by atomic mass is 16.5. The summed E-state index contributed by atoms with van der Waals surface area (Å²) in [7, 11) is 0. The van der Waals surface area contributed by atoms with Gasteiger partial charge in [0.1, 0.15) is 0 Å². The average molecular weight is 393 g/mol. The van der Waals surface area contributed by atoms with Gasteiger partial charge in [-0.1, -0.05) is 65.5 Å². The maximum atomic E-state index is 12.9. The van der Waals surface area contributed by atoms with Crippen molar-refractivity contribution >= 4 is 11.9 Å². The summed E-state index contributed by atoms with van der Waals surface area (Å²) < 4.78 is 11.3. The number of carbonyl (C=O) groups is 2. The zero-order chi connectivity index (χ0) is 20.5. The van der Waals surface area contributed by atoms with Gasteiger partial charge in [0.05, 0.1) is 25.0 Å². The molecule has 6 unspecified atom stereocenters. The molecule has 0 aliphatic heterocycles. The number of unbranched alkanes of at least 4 members (excludes halogenated alkanes) is 2. The summed E-state index contributed by atoms with van der Waals surface area (Å²) in [6.45, 7) is 9.49. The van der Waals surface area contributed by atoms with Crippen LogP contribution in [0.1, 0.15) is 79.1 Å². The lowest BCUT2D eigenvalue weighted by molar-refractivity contribution is -0.169. The van der Waals surface area contributed by atoms with E-state index in [1.54, 1.807) is 0 Å². The van der Waals surface area contributed by atoms with Crippen LogP contribution in [-0.2, 0) is 19.1 Å². The van der Waals surface area contributed by atoms with E-state index in [1.807, 2.05) is 0 Å². The molecule has 1 fully saturated rings. The molecule has 0 aromatic heterocycles. The second-order valence-corrected chi connectivity index (χ2v) is 9.10. The molecule has 0 spiro atoms. The third-order valence-corrected chi connectivity index (χ3v) is 6.41. The lowest BCUT2D eigenvalue weighted by atomic mass is 9.62. The van der Waals surface area contributed by atoms with Crippen molar-refractivity contribution in [2.75, 3.05) is 13.2 Å². The average Bonchev–Trinajstić information content (AvgIpc) is 2.72. The molecule has 3 aliphatic carbocycles. The van der Waals surface area contributed by atoms with E-state index < -0.39 is 0 Å². The second kappa shape index (κ2) is 11.6. The normalized spacial score (nSPS) is 28.0. The summed E-state index contributed by atoms with van der Waals surface area (Å²) in [5.74, 6) is -0.208. The number of esters is 2. The van der Waals surface area contributed by atoms with Crippen LogP contribution in [0.2, 0.25) is 0 Å². The third kappa shape index (κ3) is 6.35. The zero-order valence-electron chi connectivity index (χ0n) is 18.3. The van der Waals surface area contributed by atoms with Crippen molar-refractivity contribution in [3.05, 3.63) is 12.2 Å². The van der Waals surface area contributed by atoms with Crippen molar-refractivity contribution in [1.82, 2.24) is 0 Å². The standard InChI is InChI=1S/C24H40O4/c1-5-7-9-17(3)15-27-23(25)21-19-11-13-20(14-12-19)22(21)24(26)28-16-18(4)10-8-6-2/h11,13,17-22H,5-10,12,14-16H2,1-4H3. The van der Waals surface area contributed by atoms with E-state index in [9.17, 15) is 9.59 Å². The third-order valence-electron chi connectivity index (χ3n) is 6.41. The number of fused-ring (bicyclic) bond motifs is 2. The van der Waals surface area contributed by atoms with Gasteiger partial charge in [-0.2, -0.15) is 0 Å². The summed E-state index contributed by atoms with van der Waals surface area (Å²) in [6.07, 6.45) is 12.9. The summed E-state index contributed by atoms with van der Waals surface area (Å²) >= 11 is 0. The van der Waals surface area contributed by atoms with E-state index in [0.717, 1.165) is 51.4 Å². The van der Waals surface area contributed by atoms with Gasteiger partial charge in [-0.3, -0.25) is 9.59 Å². The quantitative estimate of drug-likeness (QED) is 0.322. The SMILES string of the molecule is CCCCC(C)COC(=O)C1C2C=CC(CC2)C1C(=O)OCC(C)CCCC. The van der Waals surface area contributed by atoms with Crippen LogP contribution >= 0.6 is 0 Å². The lowest BCUT2D eigenvalue weighted by Gasteiger charge is -2.42. The number of carbonyl (C=O) groups excluding carboxylic acids is 2. The van der Waals surface area contributed by atoms with Crippen molar-refractivity contribution in [3.63, 3.8) is 0 Å². The smallest absolute Gasteiger partial charge is 0.310 e. The molecule has 0 heterocycles. The Morgan fingerprint density at radius 2 is 1.21 bits per heavy atom. The Balaban J connectivity index is 1.94. The predicted octanol–water partition coefficient (Wildman–Crippen LogP) is 5.55. The van der Waals surface area contributed by atoms with E-state index in [-0.39, 0.29) is 35.6 Å². The monoisotopic (exact) mass is 392 g/mol. The Hall–Kier alpha value is -1.32. The molecule has 160 valence electrons. The first-order valence-electron chi connectivity index (χ1n) is 11.5. The fraction of sp³-hybridized carbons (Fsp3) is 0.833. The number of hydrogen-bond donors (Lipinski definition) is 0. The Labute approximate surface area is 171 Å². The first kappa shape index (κ1) is 23.0. The summed E-state index contributed by atoms with van der Waals surface area (Å²) in [4.78, 5) is 25.8. The van der Waals surface area contributed by atoms with Crippen molar-refractivity contribution in [1.29, 1.82) is 0 Å². The Bertz CT molecular complexity index is 481. The maximum absolute atomic E-state index is 12.9. The van der Waals surface area contributed by atoms with E-state index >= 15 is 0 Å². The summed E-state index contributed by atoms with van der Waals surface area (Å²) in [5, 5.41) is 0. The van der Waals surface area contributed by atoms with Crippen molar-refractivity contribution < 1.29 is 19.1 Å². The van der Waals surface area contributed by atoms with Crippen LogP contribution in [0.15, 0.2) is 12.2 Å². The largest absolute Gasteiger partial charge is 0.465 e. The van der Waals surface area contributed by atoms with E-state index in [1.165, 1.54) is 0 Å². The van der Waals surface area contributed by atoms with Crippen LogP contribution in [0.25, 0.3) is 0 Å². The van der Waals surface area contributed by atoms with Crippen LogP contribution in [0, 0.1) is 35.5 Å². The first-order chi connectivity index (χ1) is 13.5. The minimum absolute atomic E-state index is 0.110. The van der Waals surface area contributed by atoms with Crippen molar-refractivity contribution in [2.24, 2.45) is 35.5 Å². The van der Waals surface area contributed by atoms with Crippen LogP contribution in [0.5, 0.6) is 0 Å². The molecule has 4 nitrogen and oxygen atoms in total. The van der Waals surface area contributed by atoms with Crippen LogP contribution in [0.3, 0.4) is 0 Å². The number of rotatable bonds is 12. The van der Waals surface area contributed by atoms with Gasteiger partial charge in [0, 0.05) is 0 Å². The fourth-order valence-corrected chi connectivity index (χ4v) is 4.55. The molecule has 3 aliphatic rings. The van der Waals surface area contributed by atoms with Gasteiger partial charge in [-0.05, 0) is 49.4 Å². The van der Waals surface area contributed by atoms with Gasteiger partial charge >= 0.3 is 11.9 Å². The Morgan fingerprint density at radius 1 is 0.821 bits per heavy atom. The van der Waals surface area contributed by atoms with Gasteiger partial charge < -0.3 is 9.47 Å². The first-order valence-corrected chi connectivity index (χ1v) is 11.5. The molecule has 0 N–H and O–H groups in total. The summed E-state index contributed by atoms with van der Waals surface area (Å²) in [5.41, 5.74) is 0. The van der Waals surface area contributed by atoms with Crippen LogP contribution < -0.4 is 0 Å². The molecule has 6 atom stereocenters. The van der Waals surface area contributed by atoms with E-state index in [2.05, 4.69) is 39.8 Å². The Morgan fingerprint density at radius 3 is 1.54 bits per heavy atom. The molecule has 0 aromatic carbocycles. The molecule has 4 heteroatoms. The number of allylic oxidation sites excluding steroid dienone is 2. The molecule has 3 rings (SSSR count). The van der Waals surface area contributed by atoms with Crippen LogP contribution in [0.4, 0.5) is 0 Å². The highest BCUT2D eigenvalue weighted by molar-refractivity contribution is 5.83. The summed E-state index contributed by atoms with van der Waals surface area (Å²) in [6, 6.07) is 0. The minimum Gasteiger partial charge on any atom is -0.465 e. The fourth-order valence-electron chi connectivity index (χ4n) is 4.55. The molecule has 2 bridgehead atoms. The molecule has 28 heavy (non-hydrogen) atoms. The highest BCUT2D eigenvalue weighted by Gasteiger charge is 2.49. The molecule has 0 saturated heterocycles. The van der Waals surface area contributed by atoms with E-state index in [0.29, 0.717) is 25.0 Å². The maximum Gasteiger partial charge on any atom is 0.310 e. The predicted molar refractivity (Wildman–Crippen MR) is 112 cm³/mol. The van der Waals surface area contributed by atoms with Crippen LogP contribution in [-0.4, -0.2) is 25.2 Å². The number of hydrogen-bond acceptors (Lipinski definition) is 4. The zero-order valence-corrected chi connectivity index (χ0v) is 18.3. The van der Waals surface area contributed by atoms with Gasteiger partial charge in [0.15, 0.2) is 0 Å².